The first-order chi connectivity index (χ1) is 20.4. The zero-order valence-corrected chi connectivity index (χ0v) is 24.7. The van der Waals surface area contributed by atoms with Crippen LogP contribution in [0.5, 0.6) is 0 Å². The van der Waals surface area contributed by atoms with Gasteiger partial charge in [0.25, 0.3) is 0 Å². The number of nitriles is 1. The van der Waals surface area contributed by atoms with E-state index in [9.17, 15) is 28.0 Å². The predicted molar refractivity (Wildman–Crippen MR) is 157 cm³/mol. The summed E-state index contributed by atoms with van der Waals surface area (Å²) in [7, 11) is 5.47. The number of carbonyl (C=O) groups excluding carboxylic acids is 2. The average Bonchev–Trinajstić information content (AvgIpc) is 2.92. The number of aryl methyl sites for hydroxylation is 1. The van der Waals surface area contributed by atoms with Gasteiger partial charge >= 0.3 is 6.18 Å². The number of aromatic nitrogens is 1. The molecule has 0 unspecified atom stereocenters. The van der Waals surface area contributed by atoms with Crippen LogP contribution in [-0.4, -0.2) is 99.2 Å². The second kappa shape index (κ2) is 13.4. The van der Waals surface area contributed by atoms with Crippen molar-refractivity contribution < 1.29 is 27.5 Å². The minimum Gasteiger partial charge on any atom is -0.373 e. The molecule has 4 rings (SSSR count). The first-order valence-corrected chi connectivity index (χ1v) is 14.0. The number of hydrogen-bond donors (Lipinski definition) is 1. The van der Waals surface area contributed by atoms with Crippen LogP contribution in [0.15, 0.2) is 42.5 Å². The fourth-order valence-corrected chi connectivity index (χ4v) is 5.06. The Bertz CT molecular complexity index is 1400. The largest absolute Gasteiger partial charge is 0.417 e. The molecule has 2 aliphatic heterocycles. The topological polar surface area (TPSA) is 105 Å². The summed E-state index contributed by atoms with van der Waals surface area (Å²) < 4.78 is 47.0. The Morgan fingerprint density at radius 3 is 2.60 bits per heavy atom. The maximum Gasteiger partial charge on any atom is 0.417 e. The molecular formula is C30H36F3N7O3. The highest BCUT2D eigenvalue weighted by Crippen LogP contribution is 2.36. The number of likely N-dealkylation sites (tertiary alicyclic amines) is 1. The first-order valence-electron chi connectivity index (χ1n) is 14.0. The number of likely N-dealkylation sites (N-methyl/N-ethyl adjacent to an activating group) is 2. The number of nitrogens with zero attached hydrogens (tertiary/aromatic N) is 6. The van der Waals surface area contributed by atoms with Crippen molar-refractivity contribution in [2.24, 2.45) is 0 Å². The van der Waals surface area contributed by atoms with Gasteiger partial charge in [0.15, 0.2) is 0 Å². The van der Waals surface area contributed by atoms with E-state index in [1.165, 1.54) is 11.8 Å². The molecule has 1 aromatic carbocycles. The third-order valence-corrected chi connectivity index (χ3v) is 7.38. The summed E-state index contributed by atoms with van der Waals surface area (Å²) in [6, 6.07) is 8.89. The SMILES string of the molecule is Cc1cc(C(F)(F)F)c(C#N)c(N[C@H]2CCN(CCOC3CN(C(=O)/C=C/CN(C)C)C3)c3ccccc3N(C)C2=O)n1. The van der Waals surface area contributed by atoms with Crippen molar-refractivity contribution in [3.05, 3.63) is 59.3 Å². The quantitative estimate of drug-likeness (QED) is 0.438. The molecule has 0 saturated carbocycles. The third-order valence-electron chi connectivity index (χ3n) is 7.38. The number of pyridine rings is 1. The second-order valence-corrected chi connectivity index (χ2v) is 10.9. The molecule has 1 fully saturated rings. The molecule has 43 heavy (non-hydrogen) atoms. The van der Waals surface area contributed by atoms with Gasteiger partial charge in [-0.05, 0) is 45.6 Å². The molecule has 13 heteroatoms. The first kappa shape index (κ1) is 31.8. The summed E-state index contributed by atoms with van der Waals surface area (Å²) in [5, 5.41) is 12.4. The van der Waals surface area contributed by atoms with Crippen LogP contribution >= 0.6 is 0 Å². The zero-order chi connectivity index (χ0) is 31.3. The molecule has 0 radical (unpaired) electrons. The van der Waals surface area contributed by atoms with E-state index in [0.29, 0.717) is 45.0 Å². The van der Waals surface area contributed by atoms with Gasteiger partial charge in [-0.25, -0.2) is 4.98 Å². The summed E-state index contributed by atoms with van der Waals surface area (Å²) in [5.74, 6) is -0.676. The van der Waals surface area contributed by atoms with E-state index in [4.69, 9.17) is 4.74 Å². The van der Waals surface area contributed by atoms with E-state index < -0.39 is 23.3 Å². The maximum absolute atomic E-state index is 13.7. The van der Waals surface area contributed by atoms with Crippen LogP contribution in [0, 0.1) is 18.3 Å². The van der Waals surface area contributed by atoms with E-state index in [1.54, 1.807) is 36.2 Å². The van der Waals surface area contributed by atoms with Crippen LogP contribution in [-0.2, 0) is 20.5 Å². The Hall–Kier alpha value is -4.15. The molecule has 0 aliphatic carbocycles. The summed E-state index contributed by atoms with van der Waals surface area (Å²) in [6.45, 7) is 4.37. The second-order valence-electron chi connectivity index (χ2n) is 10.9. The lowest BCUT2D eigenvalue weighted by atomic mass is 10.1. The Kier molecular flexibility index (Phi) is 9.93. The number of halogens is 3. The lowest BCUT2D eigenvalue weighted by Crippen LogP contribution is -2.54. The number of ether oxygens (including phenoxy) is 1. The predicted octanol–water partition coefficient (Wildman–Crippen LogP) is 3.28. The number of para-hydroxylation sites is 2. The molecule has 3 heterocycles. The number of amides is 2. The normalized spacial score (nSPS) is 17.9. The number of benzene rings is 1. The van der Waals surface area contributed by atoms with Crippen molar-refractivity contribution >= 4 is 29.0 Å². The van der Waals surface area contributed by atoms with Gasteiger partial charge in [0.2, 0.25) is 11.8 Å². The molecule has 1 saturated heterocycles. The Labute approximate surface area is 249 Å². The highest BCUT2D eigenvalue weighted by Gasteiger charge is 2.37. The number of rotatable bonds is 9. The lowest BCUT2D eigenvalue weighted by molar-refractivity contribution is -0.139. The number of nitrogens with one attached hydrogen (secondary N) is 1. The van der Waals surface area contributed by atoms with Crippen LogP contribution < -0.4 is 15.1 Å². The molecule has 2 aromatic rings. The summed E-state index contributed by atoms with van der Waals surface area (Å²) in [4.78, 5) is 37.1. The van der Waals surface area contributed by atoms with Crippen LogP contribution in [0.3, 0.4) is 0 Å². The third kappa shape index (κ3) is 7.63. The van der Waals surface area contributed by atoms with Crippen molar-refractivity contribution in [2.45, 2.75) is 31.7 Å². The molecule has 230 valence electrons. The number of fused-ring (bicyclic) bond motifs is 1. The lowest BCUT2D eigenvalue weighted by Gasteiger charge is -2.39. The molecule has 1 N–H and O–H groups in total. The fraction of sp³-hybridized carbons (Fsp3) is 0.467. The van der Waals surface area contributed by atoms with Gasteiger partial charge in [0.1, 0.15) is 23.5 Å². The van der Waals surface area contributed by atoms with Crippen LogP contribution in [0.25, 0.3) is 0 Å². The summed E-state index contributed by atoms with van der Waals surface area (Å²) >= 11 is 0. The minimum atomic E-state index is -4.75. The van der Waals surface area contributed by atoms with Gasteiger partial charge in [-0.15, -0.1) is 0 Å². The molecule has 0 spiro atoms. The van der Waals surface area contributed by atoms with Crippen LogP contribution in [0.1, 0.15) is 23.2 Å². The van der Waals surface area contributed by atoms with Crippen LogP contribution in [0.4, 0.5) is 30.4 Å². The van der Waals surface area contributed by atoms with E-state index in [1.807, 2.05) is 37.2 Å². The van der Waals surface area contributed by atoms with Crippen molar-refractivity contribution in [1.82, 2.24) is 14.8 Å². The average molecular weight is 600 g/mol. The highest BCUT2D eigenvalue weighted by molar-refractivity contribution is 6.01. The van der Waals surface area contributed by atoms with Crippen molar-refractivity contribution in [3.8, 4) is 6.07 Å². The summed E-state index contributed by atoms with van der Waals surface area (Å²) in [5.41, 5.74) is -0.213. The molecule has 10 nitrogen and oxygen atoms in total. The van der Waals surface area contributed by atoms with Gasteiger partial charge in [-0.1, -0.05) is 18.2 Å². The van der Waals surface area contributed by atoms with E-state index in [0.717, 1.165) is 11.8 Å². The summed E-state index contributed by atoms with van der Waals surface area (Å²) in [6.07, 6.45) is -1.18. The number of alkyl halides is 3. The standard InChI is InChI=1S/C30H36F3N7O3/c1-20-16-23(30(31,32)33)22(17-34)28(35-20)36-24-11-13-39(26-9-6-5-8-25(26)38(4)29(24)42)14-15-43-21-18-40(19-21)27(41)10-7-12-37(2)3/h5-10,16,21,24H,11-15,18-19H2,1-4H3,(H,35,36)/b10-7+/t24-/m0/s1. The van der Waals surface area contributed by atoms with Crippen LogP contribution in [0.2, 0.25) is 0 Å². The number of hydrogen-bond acceptors (Lipinski definition) is 8. The molecule has 1 atom stereocenters. The Balaban J connectivity index is 1.44. The Morgan fingerprint density at radius 2 is 1.95 bits per heavy atom. The minimum absolute atomic E-state index is 0.0457. The molecule has 2 aliphatic rings. The number of carbonyl (C=O) groups is 2. The molecule has 2 amide bonds. The van der Waals surface area contributed by atoms with E-state index in [2.05, 4.69) is 15.2 Å². The molecular weight excluding hydrogens is 563 g/mol. The Morgan fingerprint density at radius 1 is 1.26 bits per heavy atom. The number of anilines is 3. The van der Waals surface area contributed by atoms with Gasteiger partial charge in [0.05, 0.1) is 29.6 Å². The van der Waals surface area contributed by atoms with Crippen molar-refractivity contribution in [1.29, 1.82) is 5.26 Å². The maximum atomic E-state index is 13.7. The monoisotopic (exact) mass is 599 g/mol. The zero-order valence-electron chi connectivity index (χ0n) is 24.7. The smallest absolute Gasteiger partial charge is 0.373 e. The van der Waals surface area contributed by atoms with Gasteiger partial charge in [0, 0.05) is 51.5 Å². The molecule has 0 bridgehead atoms. The fourth-order valence-electron chi connectivity index (χ4n) is 5.06. The van der Waals surface area contributed by atoms with Gasteiger partial charge in [-0.3, -0.25) is 9.59 Å². The van der Waals surface area contributed by atoms with Gasteiger partial charge < -0.3 is 29.7 Å². The van der Waals surface area contributed by atoms with Gasteiger partial charge in [-0.2, -0.15) is 18.4 Å². The van der Waals surface area contributed by atoms with E-state index >= 15 is 0 Å². The van der Waals surface area contributed by atoms with E-state index in [-0.39, 0.29) is 35.9 Å². The highest BCUT2D eigenvalue weighted by atomic mass is 19.4. The van der Waals surface area contributed by atoms with Crippen molar-refractivity contribution in [2.75, 3.05) is 75.6 Å². The van der Waals surface area contributed by atoms with Crippen molar-refractivity contribution in [3.63, 3.8) is 0 Å². The molecule has 1 aromatic heterocycles.